The third-order valence-corrected chi connectivity index (χ3v) is 5.35. The number of fused-ring (bicyclic) bond motifs is 1. The van der Waals surface area contributed by atoms with E-state index in [9.17, 15) is 18.4 Å². The zero-order valence-electron chi connectivity index (χ0n) is 17.6. The molecule has 0 bridgehead atoms. The maximum atomic E-state index is 13.7. The number of anilines is 1. The summed E-state index contributed by atoms with van der Waals surface area (Å²) in [5, 5.41) is 2.61. The molecular formula is C22H26F2N4O3. The van der Waals surface area contributed by atoms with Gasteiger partial charge >= 0.3 is 5.97 Å². The molecule has 0 radical (unpaired) electrons. The first-order valence-corrected chi connectivity index (χ1v) is 10.4. The van der Waals surface area contributed by atoms with Crippen LogP contribution in [-0.4, -0.2) is 34.5 Å². The second-order valence-corrected chi connectivity index (χ2v) is 7.55. The zero-order chi connectivity index (χ0) is 22.5. The summed E-state index contributed by atoms with van der Waals surface area (Å²) in [5.41, 5.74) is 8.38. The smallest absolute Gasteiger partial charge is 0.341 e. The maximum Gasteiger partial charge on any atom is 0.341 e. The summed E-state index contributed by atoms with van der Waals surface area (Å²) in [6.07, 6.45) is 3.80. The quantitative estimate of drug-likeness (QED) is 0.620. The fourth-order valence-corrected chi connectivity index (χ4v) is 3.89. The summed E-state index contributed by atoms with van der Waals surface area (Å²) in [6, 6.07) is 1.81. The van der Waals surface area contributed by atoms with Gasteiger partial charge in [0.15, 0.2) is 11.6 Å². The van der Waals surface area contributed by atoms with Gasteiger partial charge in [-0.15, -0.1) is 0 Å². The standard InChI is InChI=1S/C22H26F2N4O3/c1-3-5-19-15(21(30)31-4-2)11-26-22(27-19)28-20(29)10-18(25)13-7-6-12-8-16(23)17(24)9-14(12)13/h8-9,11,13,18H,3-7,10,25H2,1-2H3,(H,26,27,28,29). The van der Waals surface area contributed by atoms with Crippen molar-refractivity contribution in [1.29, 1.82) is 0 Å². The third kappa shape index (κ3) is 5.22. The van der Waals surface area contributed by atoms with Crippen LogP contribution in [0.5, 0.6) is 0 Å². The Hall–Kier alpha value is -2.94. The number of aryl methyl sites for hydroxylation is 2. The molecule has 1 aromatic heterocycles. The van der Waals surface area contributed by atoms with Crippen molar-refractivity contribution in [3.8, 4) is 0 Å². The van der Waals surface area contributed by atoms with E-state index in [4.69, 9.17) is 10.5 Å². The number of amides is 1. The molecule has 1 aliphatic rings. The molecule has 2 unspecified atom stereocenters. The molecule has 166 valence electrons. The van der Waals surface area contributed by atoms with Crippen LogP contribution in [0.25, 0.3) is 0 Å². The molecule has 0 saturated carbocycles. The number of hydrogen-bond donors (Lipinski definition) is 2. The number of aromatic nitrogens is 2. The number of benzene rings is 1. The predicted molar refractivity (Wildman–Crippen MR) is 111 cm³/mol. The SMILES string of the molecule is CCCc1nc(NC(=O)CC(N)C2CCc3cc(F)c(F)cc32)ncc1C(=O)OCC. The second kappa shape index (κ2) is 9.91. The number of rotatable bonds is 8. The Balaban J connectivity index is 1.68. The molecule has 31 heavy (non-hydrogen) atoms. The van der Waals surface area contributed by atoms with Crippen LogP contribution in [0.2, 0.25) is 0 Å². The van der Waals surface area contributed by atoms with Crippen molar-refractivity contribution in [1.82, 2.24) is 9.97 Å². The van der Waals surface area contributed by atoms with E-state index in [0.717, 1.165) is 12.0 Å². The van der Waals surface area contributed by atoms with E-state index in [2.05, 4.69) is 15.3 Å². The minimum Gasteiger partial charge on any atom is -0.462 e. The average molecular weight is 432 g/mol. The third-order valence-electron chi connectivity index (χ3n) is 5.35. The lowest BCUT2D eigenvalue weighted by atomic mass is 9.91. The van der Waals surface area contributed by atoms with Crippen molar-refractivity contribution in [3.05, 3.63) is 52.3 Å². The normalized spacial score (nSPS) is 16.0. The van der Waals surface area contributed by atoms with Gasteiger partial charge in [-0.1, -0.05) is 13.3 Å². The highest BCUT2D eigenvalue weighted by molar-refractivity contribution is 5.92. The van der Waals surface area contributed by atoms with Gasteiger partial charge in [0.1, 0.15) is 0 Å². The van der Waals surface area contributed by atoms with Crippen LogP contribution in [-0.2, 0) is 22.4 Å². The van der Waals surface area contributed by atoms with E-state index < -0.39 is 29.6 Å². The monoisotopic (exact) mass is 432 g/mol. The molecule has 0 spiro atoms. The molecule has 2 aromatic rings. The maximum absolute atomic E-state index is 13.7. The number of ether oxygens (including phenoxy) is 1. The lowest BCUT2D eigenvalue weighted by Gasteiger charge is -2.20. The summed E-state index contributed by atoms with van der Waals surface area (Å²) >= 11 is 0. The molecule has 1 aliphatic carbocycles. The Bertz CT molecular complexity index is 983. The van der Waals surface area contributed by atoms with Gasteiger partial charge in [0.2, 0.25) is 11.9 Å². The van der Waals surface area contributed by atoms with E-state index >= 15 is 0 Å². The van der Waals surface area contributed by atoms with Crippen molar-refractivity contribution < 1.29 is 23.1 Å². The van der Waals surface area contributed by atoms with E-state index in [0.29, 0.717) is 30.5 Å². The van der Waals surface area contributed by atoms with Gasteiger partial charge in [0.05, 0.1) is 17.9 Å². The predicted octanol–water partition coefficient (Wildman–Crippen LogP) is 3.27. The number of nitrogens with one attached hydrogen (secondary N) is 1. The first-order valence-electron chi connectivity index (χ1n) is 10.4. The van der Waals surface area contributed by atoms with E-state index in [-0.39, 0.29) is 30.5 Å². The number of halogens is 2. The van der Waals surface area contributed by atoms with Gasteiger partial charge in [0.25, 0.3) is 0 Å². The lowest BCUT2D eigenvalue weighted by Crippen LogP contribution is -2.32. The summed E-state index contributed by atoms with van der Waals surface area (Å²) in [5.74, 6) is -2.85. The molecule has 0 saturated heterocycles. The van der Waals surface area contributed by atoms with Crippen molar-refractivity contribution in [2.75, 3.05) is 11.9 Å². The minimum absolute atomic E-state index is 0.0325. The fourth-order valence-electron chi connectivity index (χ4n) is 3.89. The molecule has 3 N–H and O–H groups in total. The Labute approximate surface area is 179 Å². The number of hydrogen-bond acceptors (Lipinski definition) is 6. The van der Waals surface area contributed by atoms with E-state index in [1.54, 1.807) is 6.92 Å². The van der Waals surface area contributed by atoms with Gasteiger partial charge in [-0.3, -0.25) is 10.1 Å². The lowest BCUT2D eigenvalue weighted by molar-refractivity contribution is -0.116. The molecule has 3 rings (SSSR count). The zero-order valence-corrected chi connectivity index (χ0v) is 17.6. The molecule has 2 atom stereocenters. The van der Waals surface area contributed by atoms with Gasteiger partial charge in [-0.25, -0.2) is 23.5 Å². The summed E-state index contributed by atoms with van der Waals surface area (Å²) in [7, 11) is 0. The van der Waals surface area contributed by atoms with Crippen LogP contribution >= 0.6 is 0 Å². The largest absolute Gasteiger partial charge is 0.462 e. The van der Waals surface area contributed by atoms with Crippen LogP contribution in [0.15, 0.2) is 18.3 Å². The summed E-state index contributed by atoms with van der Waals surface area (Å²) in [6.45, 7) is 3.90. The number of carbonyl (C=O) groups is 2. The van der Waals surface area contributed by atoms with E-state index in [1.165, 1.54) is 18.3 Å². The first-order chi connectivity index (χ1) is 14.8. The minimum atomic E-state index is -0.916. The average Bonchev–Trinajstić information content (AvgIpc) is 3.11. The van der Waals surface area contributed by atoms with Gasteiger partial charge in [-0.05, 0) is 49.4 Å². The summed E-state index contributed by atoms with van der Waals surface area (Å²) < 4.78 is 32.1. The molecule has 9 heteroatoms. The Morgan fingerprint density at radius 1 is 1.29 bits per heavy atom. The highest BCUT2D eigenvalue weighted by atomic mass is 19.2. The molecule has 7 nitrogen and oxygen atoms in total. The van der Waals surface area contributed by atoms with Crippen LogP contribution in [0.4, 0.5) is 14.7 Å². The van der Waals surface area contributed by atoms with Crippen molar-refractivity contribution in [3.63, 3.8) is 0 Å². The van der Waals surface area contributed by atoms with Gasteiger partial charge in [-0.2, -0.15) is 0 Å². The van der Waals surface area contributed by atoms with Crippen molar-refractivity contribution in [2.45, 2.75) is 57.9 Å². The van der Waals surface area contributed by atoms with E-state index in [1.807, 2.05) is 6.92 Å². The van der Waals surface area contributed by atoms with Crippen LogP contribution < -0.4 is 11.1 Å². The highest BCUT2D eigenvalue weighted by Gasteiger charge is 2.30. The molecule has 1 heterocycles. The Kier molecular flexibility index (Phi) is 7.27. The number of nitrogens with zero attached hydrogens (tertiary/aromatic N) is 2. The van der Waals surface area contributed by atoms with Gasteiger partial charge in [0, 0.05) is 24.6 Å². The number of carbonyl (C=O) groups excluding carboxylic acids is 2. The summed E-state index contributed by atoms with van der Waals surface area (Å²) in [4.78, 5) is 32.9. The molecular weight excluding hydrogens is 406 g/mol. The Morgan fingerprint density at radius 2 is 2.03 bits per heavy atom. The van der Waals surface area contributed by atoms with Crippen LogP contribution in [0.3, 0.4) is 0 Å². The second-order valence-electron chi connectivity index (χ2n) is 7.55. The van der Waals surface area contributed by atoms with Gasteiger partial charge < -0.3 is 10.5 Å². The first kappa shape index (κ1) is 22.7. The Morgan fingerprint density at radius 3 is 2.74 bits per heavy atom. The number of esters is 1. The van der Waals surface area contributed by atoms with Crippen molar-refractivity contribution >= 4 is 17.8 Å². The molecule has 1 amide bonds. The molecule has 0 fully saturated rings. The van der Waals surface area contributed by atoms with Crippen LogP contribution in [0.1, 0.15) is 66.2 Å². The number of nitrogens with two attached hydrogens (primary N) is 1. The van der Waals surface area contributed by atoms with Crippen molar-refractivity contribution in [2.24, 2.45) is 5.73 Å². The topological polar surface area (TPSA) is 107 Å². The molecule has 0 aliphatic heterocycles. The molecule has 1 aromatic carbocycles. The van der Waals surface area contributed by atoms with Crippen LogP contribution in [0, 0.1) is 11.6 Å². The highest BCUT2D eigenvalue weighted by Crippen LogP contribution is 2.37. The fraction of sp³-hybridized carbons (Fsp3) is 0.455.